The highest BCUT2D eigenvalue weighted by Gasteiger charge is 2.39. The van der Waals surface area contributed by atoms with Crippen molar-refractivity contribution in [3.8, 4) is 0 Å². The van der Waals surface area contributed by atoms with Gasteiger partial charge in [-0.3, -0.25) is 9.69 Å². The van der Waals surface area contributed by atoms with E-state index in [-0.39, 0.29) is 17.2 Å². The highest BCUT2D eigenvalue weighted by atomic mass is 16.5. The van der Waals surface area contributed by atoms with E-state index in [2.05, 4.69) is 37.9 Å². The molecule has 118 valence electrons. The van der Waals surface area contributed by atoms with Crippen LogP contribution in [0.2, 0.25) is 0 Å². The monoisotopic (exact) mass is 286 g/mol. The third kappa shape index (κ3) is 4.43. The molecule has 1 aliphatic rings. The quantitative estimate of drug-likeness (QED) is 0.775. The number of likely N-dealkylation sites (N-methyl/N-ethyl adjacent to an activating group) is 1. The standard InChI is InChI=1S/C15H30N2O3/c1-13(2)10-17(11-14(3,4)20-13)9-8-15(5,16-6)12(18)19-7/h16H,8-11H2,1-7H3. The summed E-state index contributed by atoms with van der Waals surface area (Å²) in [4.78, 5) is 14.2. The van der Waals surface area contributed by atoms with Gasteiger partial charge in [0, 0.05) is 19.6 Å². The van der Waals surface area contributed by atoms with Gasteiger partial charge in [-0.1, -0.05) is 0 Å². The SMILES string of the molecule is CNC(C)(CCN1CC(C)(C)OC(C)(C)C1)C(=O)OC. The van der Waals surface area contributed by atoms with Crippen LogP contribution in [0.25, 0.3) is 0 Å². The number of esters is 1. The average molecular weight is 286 g/mol. The molecule has 0 radical (unpaired) electrons. The molecule has 1 unspecified atom stereocenters. The van der Waals surface area contributed by atoms with Crippen LogP contribution in [0, 0.1) is 0 Å². The number of morpholine rings is 1. The maximum atomic E-state index is 11.9. The minimum Gasteiger partial charge on any atom is -0.468 e. The molecule has 0 bridgehead atoms. The molecule has 0 aromatic carbocycles. The maximum absolute atomic E-state index is 11.9. The number of methoxy groups -OCH3 is 1. The molecule has 0 aromatic heterocycles. The summed E-state index contributed by atoms with van der Waals surface area (Å²) in [5, 5.41) is 3.08. The van der Waals surface area contributed by atoms with E-state index < -0.39 is 5.54 Å². The lowest BCUT2D eigenvalue weighted by atomic mass is 9.95. The average Bonchev–Trinajstić information content (AvgIpc) is 2.31. The molecule has 0 amide bonds. The number of hydrogen-bond donors (Lipinski definition) is 1. The summed E-state index contributed by atoms with van der Waals surface area (Å²) < 4.78 is 11.0. The lowest BCUT2D eigenvalue weighted by Crippen LogP contribution is -2.58. The van der Waals surface area contributed by atoms with E-state index in [1.54, 1.807) is 7.05 Å². The summed E-state index contributed by atoms with van der Waals surface area (Å²) in [6.45, 7) is 12.9. The van der Waals surface area contributed by atoms with Crippen molar-refractivity contribution in [3.05, 3.63) is 0 Å². The van der Waals surface area contributed by atoms with Crippen molar-refractivity contribution in [3.63, 3.8) is 0 Å². The van der Waals surface area contributed by atoms with Crippen molar-refractivity contribution in [2.45, 2.75) is 57.8 Å². The molecule has 1 saturated heterocycles. The second-order valence-corrected chi connectivity index (χ2v) is 7.16. The Labute approximate surface area is 123 Å². The fourth-order valence-corrected chi connectivity index (χ4v) is 3.04. The second-order valence-electron chi connectivity index (χ2n) is 7.16. The fraction of sp³-hybridized carbons (Fsp3) is 0.933. The summed E-state index contributed by atoms with van der Waals surface area (Å²) in [5.74, 6) is -0.216. The van der Waals surface area contributed by atoms with Gasteiger partial charge in [-0.25, -0.2) is 0 Å². The Morgan fingerprint density at radius 2 is 1.80 bits per heavy atom. The Bertz CT molecular complexity index is 339. The van der Waals surface area contributed by atoms with Crippen molar-refractivity contribution in [1.82, 2.24) is 10.2 Å². The van der Waals surface area contributed by atoms with Gasteiger partial charge in [0.1, 0.15) is 5.54 Å². The van der Waals surface area contributed by atoms with Crippen LogP contribution in [0.1, 0.15) is 41.0 Å². The second kappa shape index (κ2) is 6.00. The van der Waals surface area contributed by atoms with Crippen LogP contribution < -0.4 is 5.32 Å². The number of nitrogens with one attached hydrogen (secondary N) is 1. The maximum Gasteiger partial charge on any atom is 0.325 e. The summed E-state index contributed by atoms with van der Waals surface area (Å²) >= 11 is 0. The third-order valence-electron chi connectivity index (χ3n) is 3.88. The topological polar surface area (TPSA) is 50.8 Å². The highest BCUT2D eigenvalue weighted by Crippen LogP contribution is 2.28. The van der Waals surface area contributed by atoms with Crippen molar-refractivity contribution in [2.24, 2.45) is 0 Å². The van der Waals surface area contributed by atoms with E-state index in [4.69, 9.17) is 9.47 Å². The predicted molar refractivity (Wildman–Crippen MR) is 79.8 cm³/mol. The molecule has 20 heavy (non-hydrogen) atoms. The van der Waals surface area contributed by atoms with Gasteiger partial charge >= 0.3 is 5.97 Å². The van der Waals surface area contributed by atoms with Crippen molar-refractivity contribution < 1.29 is 14.3 Å². The zero-order chi connectivity index (χ0) is 15.6. The first-order valence-corrected chi connectivity index (χ1v) is 7.23. The highest BCUT2D eigenvalue weighted by molar-refractivity contribution is 5.80. The lowest BCUT2D eigenvalue weighted by Gasteiger charge is -2.47. The van der Waals surface area contributed by atoms with Crippen LogP contribution in [-0.4, -0.2) is 61.4 Å². The molecule has 1 rings (SSSR count). The van der Waals surface area contributed by atoms with Crippen molar-refractivity contribution in [1.29, 1.82) is 0 Å². The molecule has 0 spiro atoms. The molecule has 1 heterocycles. The molecule has 5 heteroatoms. The van der Waals surface area contributed by atoms with Gasteiger partial charge in [-0.05, 0) is 48.1 Å². The Hall–Kier alpha value is -0.650. The molecule has 1 fully saturated rings. The third-order valence-corrected chi connectivity index (χ3v) is 3.88. The minimum absolute atomic E-state index is 0.164. The van der Waals surface area contributed by atoms with Gasteiger partial charge < -0.3 is 14.8 Å². The van der Waals surface area contributed by atoms with E-state index in [1.165, 1.54) is 7.11 Å². The molecular weight excluding hydrogens is 256 g/mol. The summed E-state index contributed by atoms with van der Waals surface area (Å²) in [5.41, 5.74) is -0.965. The van der Waals surface area contributed by atoms with Gasteiger partial charge in [-0.15, -0.1) is 0 Å². The van der Waals surface area contributed by atoms with Crippen LogP contribution in [0.15, 0.2) is 0 Å². The Morgan fingerprint density at radius 1 is 1.30 bits per heavy atom. The Morgan fingerprint density at radius 3 is 2.20 bits per heavy atom. The van der Waals surface area contributed by atoms with Crippen LogP contribution >= 0.6 is 0 Å². The van der Waals surface area contributed by atoms with Gasteiger partial charge in [0.15, 0.2) is 0 Å². The van der Waals surface area contributed by atoms with Crippen LogP contribution in [-0.2, 0) is 14.3 Å². The Balaban J connectivity index is 2.66. The first kappa shape index (κ1) is 17.4. The molecule has 0 aliphatic carbocycles. The van der Waals surface area contributed by atoms with Crippen LogP contribution in [0.4, 0.5) is 0 Å². The largest absolute Gasteiger partial charge is 0.468 e. The van der Waals surface area contributed by atoms with Gasteiger partial charge in [0.05, 0.1) is 18.3 Å². The molecule has 1 aliphatic heterocycles. The summed E-state index contributed by atoms with van der Waals surface area (Å²) in [6, 6.07) is 0. The first-order valence-electron chi connectivity index (χ1n) is 7.23. The molecular formula is C15H30N2O3. The number of carbonyl (C=O) groups excluding carboxylic acids is 1. The van der Waals surface area contributed by atoms with Gasteiger partial charge in [-0.2, -0.15) is 0 Å². The van der Waals surface area contributed by atoms with Crippen molar-refractivity contribution >= 4 is 5.97 Å². The van der Waals surface area contributed by atoms with Crippen LogP contribution in [0.5, 0.6) is 0 Å². The minimum atomic E-state index is -0.638. The zero-order valence-electron chi connectivity index (χ0n) is 14.0. The normalized spacial score (nSPS) is 24.9. The fourth-order valence-electron chi connectivity index (χ4n) is 3.04. The first-order chi connectivity index (χ1) is 9.03. The van der Waals surface area contributed by atoms with Crippen molar-refractivity contribution in [2.75, 3.05) is 33.8 Å². The summed E-state index contributed by atoms with van der Waals surface area (Å²) in [6.07, 6.45) is 0.711. The molecule has 1 N–H and O–H groups in total. The molecule has 0 aromatic rings. The molecule has 0 saturated carbocycles. The van der Waals surface area contributed by atoms with E-state index in [9.17, 15) is 4.79 Å². The predicted octanol–water partition coefficient (Wildman–Crippen LogP) is 1.42. The number of nitrogens with zero attached hydrogens (tertiary/aromatic N) is 1. The number of carbonyl (C=O) groups is 1. The van der Waals surface area contributed by atoms with E-state index >= 15 is 0 Å². The van der Waals surface area contributed by atoms with E-state index in [0.717, 1.165) is 19.6 Å². The van der Waals surface area contributed by atoms with E-state index in [1.807, 2.05) is 6.92 Å². The van der Waals surface area contributed by atoms with Crippen LogP contribution in [0.3, 0.4) is 0 Å². The summed E-state index contributed by atoms with van der Waals surface area (Å²) in [7, 11) is 3.23. The molecule has 1 atom stereocenters. The lowest BCUT2D eigenvalue weighted by molar-refractivity contribution is -0.181. The molecule has 5 nitrogen and oxygen atoms in total. The smallest absolute Gasteiger partial charge is 0.325 e. The number of hydrogen-bond acceptors (Lipinski definition) is 5. The number of ether oxygens (including phenoxy) is 2. The number of rotatable bonds is 5. The van der Waals surface area contributed by atoms with E-state index in [0.29, 0.717) is 6.42 Å². The van der Waals surface area contributed by atoms with Gasteiger partial charge in [0.25, 0.3) is 0 Å². The van der Waals surface area contributed by atoms with Gasteiger partial charge in [0.2, 0.25) is 0 Å². The zero-order valence-corrected chi connectivity index (χ0v) is 14.0. The Kier molecular flexibility index (Phi) is 5.22.